The van der Waals surface area contributed by atoms with Gasteiger partial charge in [-0.3, -0.25) is 18.8 Å². The van der Waals surface area contributed by atoms with Gasteiger partial charge in [0.15, 0.2) is 0 Å². The van der Waals surface area contributed by atoms with Crippen LogP contribution in [-0.2, 0) is 30.5 Å². The van der Waals surface area contributed by atoms with Gasteiger partial charge >= 0.3 is 12.2 Å². The lowest BCUT2D eigenvalue weighted by atomic mass is 10.1. The summed E-state index contributed by atoms with van der Waals surface area (Å²) in [5.41, 5.74) is 5.24. The first-order valence-electron chi connectivity index (χ1n) is 11.8. The minimum atomic E-state index is -4.62. The van der Waals surface area contributed by atoms with Crippen molar-refractivity contribution in [1.82, 2.24) is 19.7 Å². The highest BCUT2D eigenvalue weighted by Crippen LogP contribution is 2.31. The van der Waals surface area contributed by atoms with Crippen LogP contribution >= 0.6 is 0 Å². The van der Waals surface area contributed by atoms with Crippen LogP contribution in [0.2, 0.25) is 0 Å². The normalized spacial score (nSPS) is 12.3. The number of carbonyl (C=O) groups is 2. The van der Waals surface area contributed by atoms with Crippen molar-refractivity contribution in [3.63, 3.8) is 0 Å². The smallest absolute Gasteiger partial charge is 0.349 e. The molecule has 9 nitrogen and oxygen atoms in total. The summed E-state index contributed by atoms with van der Waals surface area (Å²) in [6, 6.07) is 13.7. The van der Waals surface area contributed by atoms with Crippen LogP contribution in [0.3, 0.4) is 0 Å². The molecule has 0 spiro atoms. The topological polar surface area (TPSA) is 124 Å². The number of aromatic nitrogens is 3. The van der Waals surface area contributed by atoms with Crippen molar-refractivity contribution in [1.29, 1.82) is 0 Å². The Bertz CT molecular complexity index is 1690. The van der Waals surface area contributed by atoms with Gasteiger partial charge in [-0.05, 0) is 61.2 Å². The maximum atomic E-state index is 13.6. The predicted molar refractivity (Wildman–Crippen MR) is 145 cm³/mol. The Morgan fingerprint density at radius 1 is 1.10 bits per heavy atom. The first-order chi connectivity index (χ1) is 18.9. The van der Waals surface area contributed by atoms with E-state index >= 15 is 0 Å². The lowest BCUT2D eigenvalue weighted by Crippen LogP contribution is -2.33. The maximum Gasteiger partial charge on any atom is 0.416 e. The van der Waals surface area contributed by atoms with E-state index in [0.29, 0.717) is 22.5 Å². The van der Waals surface area contributed by atoms with Gasteiger partial charge in [0, 0.05) is 41.6 Å². The Morgan fingerprint density at radius 2 is 1.80 bits per heavy atom. The van der Waals surface area contributed by atoms with E-state index in [0.717, 1.165) is 21.6 Å². The Kier molecular flexibility index (Phi) is 8.05. The van der Waals surface area contributed by atoms with E-state index in [1.165, 1.54) is 24.4 Å². The van der Waals surface area contributed by atoms with Crippen LogP contribution in [0, 0.1) is 6.92 Å². The van der Waals surface area contributed by atoms with E-state index in [-0.39, 0.29) is 17.8 Å². The summed E-state index contributed by atoms with van der Waals surface area (Å²) >= 11 is 0. The van der Waals surface area contributed by atoms with Crippen LogP contribution in [0.4, 0.5) is 18.0 Å². The van der Waals surface area contributed by atoms with Crippen molar-refractivity contribution in [2.75, 3.05) is 6.26 Å². The molecular weight excluding hydrogens is 545 g/mol. The molecule has 0 aliphatic carbocycles. The molecule has 4 aromatic rings. The molecule has 208 valence electrons. The van der Waals surface area contributed by atoms with E-state index in [4.69, 9.17) is 5.73 Å². The summed E-state index contributed by atoms with van der Waals surface area (Å²) < 4.78 is 46.8. The van der Waals surface area contributed by atoms with Crippen molar-refractivity contribution < 1.29 is 22.8 Å². The number of halogens is 3. The second-order valence-electron chi connectivity index (χ2n) is 8.82. The number of urea groups is 1. The minimum absolute atomic E-state index is 0.0256. The highest BCUT2D eigenvalue weighted by Gasteiger charge is 2.31. The van der Waals surface area contributed by atoms with E-state index in [1.54, 1.807) is 55.2 Å². The molecule has 1 atom stereocenters. The number of aryl methyl sites for hydroxylation is 1. The van der Waals surface area contributed by atoms with E-state index in [9.17, 15) is 27.6 Å². The second kappa shape index (κ2) is 11.3. The number of pyridine rings is 1. The second-order valence-corrected chi connectivity index (χ2v) is 10.4. The van der Waals surface area contributed by atoms with Gasteiger partial charge in [0.1, 0.15) is 5.56 Å². The standard InChI is InChI=1S/C27H25F3N6O3S/c1-16-21(23-11-12-33-35(23)2)14-22(25(38)36(16)19-6-4-5-18(13-19)27(28,29)30)24(37)32-15-17-7-9-20(10-8-17)40(3)34-26(31)39/h4-14H,15H2,1-3H3,(H2,31,39)(H,32,37). The highest BCUT2D eigenvalue weighted by atomic mass is 32.2. The average molecular weight is 571 g/mol. The number of alkyl halides is 3. The van der Waals surface area contributed by atoms with Crippen LogP contribution in [0.1, 0.15) is 27.2 Å². The molecule has 0 aliphatic rings. The van der Waals surface area contributed by atoms with Crippen LogP contribution in [-0.4, -0.2) is 32.5 Å². The molecule has 3 N–H and O–H groups in total. The molecule has 3 amide bonds. The van der Waals surface area contributed by atoms with Crippen LogP contribution < -0.4 is 16.6 Å². The summed E-state index contributed by atoms with van der Waals surface area (Å²) in [5.74, 6) is -0.697. The number of carbonyl (C=O) groups excluding carboxylic acids is 2. The number of nitrogens with zero attached hydrogens (tertiary/aromatic N) is 4. The third kappa shape index (κ3) is 6.04. The molecule has 2 aromatic heterocycles. The Balaban J connectivity index is 1.73. The number of hydrogen-bond donors (Lipinski definition) is 2. The van der Waals surface area contributed by atoms with E-state index in [2.05, 4.69) is 14.8 Å². The fourth-order valence-electron chi connectivity index (χ4n) is 4.17. The van der Waals surface area contributed by atoms with Gasteiger partial charge in [-0.15, -0.1) is 0 Å². The molecular formula is C27H25F3N6O3S. The Morgan fingerprint density at radius 3 is 2.40 bits per heavy atom. The number of primary amides is 1. The molecule has 2 aromatic carbocycles. The van der Waals surface area contributed by atoms with E-state index < -0.39 is 39.9 Å². The number of nitrogens with one attached hydrogen (secondary N) is 1. The zero-order chi connectivity index (χ0) is 29.2. The third-order valence-electron chi connectivity index (χ3n) is 6.16. The van der Waals surface area contributed by atoms with Gasteiger partial charge in [-0.2, -0.15) is 22.6 Å². The molecule has 0 saturated carbocycles. The Labute approximate surface area is 229 Å². The molecule has 0 fully saturated rings. The molecule has 0 aliphatic heterocycles. The molecule has 40 heavy (non-hydrogen) atoms. The fraction of sp³-hybridized carbons (Fsp3) is 0.185. The van der Waals surface area contributed by atoms with Gasteiger partial charge in [0.25, 0.3) is 11.5 Å². The molecule has 1 unspecified atom stereocenters. The van der Waals surface area contributed by atoms with Gasteiger partial charge in [0.05, 0.1) is 11.3 Å². The SMILES string of the molecule is Cc1c(-c2ccnn2C)cc(C(=O)NCc2ccc(S(C)=NC(N)=O)cc2)c(=O)n1-c1cccc(C(F)(F)F)c1. The largest absolute Gasteiger partial charge is 0.416 e. The number of hydrogen-bond acceptors (Lipinski definition) is 4. The molecule has 0 saturated heterocycles. The minimum Gasteiger partial charge on any atom is -0.349 e. The predicted octanol–water partition coefficient (Wildman–Crippen LogP) is 4.36. The summed E-state index contributed by atoms with van der Waals surface area (Å²) in [4.78, 5) is 38.7. The van der Waals surface area contributed by atoms with Crippen LogP contribution in [0.15, 0.2) is 80.9 Å². The zero-order valence-corrected chi connectivity index (χ0v) is 22.5. The van der Waals surface area contributed by atoms with Crippen molar-refractivity contribution >= 4 is 22.6 Å². The number of nitrogens with two attached hydrogens (primary N) is 1. The van der Waals surface area contributed by atoms with E-state index in [1.807, 2.05) is 0 Å². The van der Waals surface area contributed by atoms with Gasteiger partial charge < -0.3 is 11.1 Å². The first-order valence-corrected chi connectivity index (χ1v) is 13.4. The fourth-order valence-corrected chi connectivity index (χ4v) is 5.07. The molecule has 0 radical (unpaired) electrons. The molecule has 13 heteroatoms. The molecule has 2 heterocycles. The number of rotatable bonds is 6. The third-order valence-corrected chi connectivity index (χ3v) is 7.57. The van der Waals surface area contributed by atoms with Crippen molar-refractivity contribution in [3.05, 3.63) is 99.6 Å². The zero-order valence-electron chi connectivity index (χ0n) is 21.7. The summed E-state index contributed by atoms with van der Waals surface area (Å²) in [6.07, 6.45) is -1.33. The van der Waals surface area contributed by atoms with Crippen molar-refractivity contribution in [3.8, 4) is 16.9 Å². The van der Waals surface area contributed by atoms with Crippen LogP contribution in [0.5, 0.6) is 0 Å². The highest BCUT2D eigenvalue weighted by molar-refractivity contribution is 7.86. The van der Waals surface area contributed by atoms with Crippen LogP contribution in [0.25, 0.3) is 16.9 Å². The quantitative estimate of drug-likeness (QED) is 0.357. The maximum absolute atomic E-state index is 13.6. The lowest BCUT2D eigenvalue weighted by molar-refractivity contribution is -0.137. The Hall–Kier alpha value is -4.52. The van der Waals surface area contributed by atoms with Gasteiger partial charge in [-0.1, -0.05) is 28.9 Å². The average Bonchev–Trinajstić information content (AvgIpc) is 3.32. The molecule has 4 rings (SSSR count). The number of amides is 3. The summed E-state index contributed by atoms with van der Waals surface area (Å²) in [5, 5.41) is 6.85. The monoisotopic (exact) mass is 570 g/mol. The number of benzene rings is 2. The van der Waals surface area contributed by atoms with Gasteiger partial charge in [0.2, 0.25) is 0 Å². The summed E-state index contributed by atoms with van der Waals surface area (Å²) in [6.45, 7) is 1.67. The summed E-state index contributed by atoms with van der Waals surface area (Å²) in [7, 11) is 0.951. The lowest BCUT2D eigenvalue weighted by Gasteiger charge is -2.18. The van der Waals surface area contributed by atoms with Crippen molar-refractivity contribution in [2.24, 2.45) is 17.1 Å². The molecule has 0 bridgehead atoms. The van der Waals surface area contributed by atoms with Gasteiger partial charge in [-0.25, -0.2) is 4.79 Å². The van der Waals surface area contributed by atoms with Crippen molar-refractivity contribution in [2.45, 2.75) is 24.5 Å². The first kappa shape index (κ1) is 28.5.